The summed E-state index contributed by atoms with van der Waals surface area (Å²) in [6, 6.07) is 0.685. The van der Waals surface area contributed by atoms with Gasteiger partial charge in [-0.1, -0.05) is 19.1 Å². The van der Waals surface area contributed by atoms with Gasteiger partial charge in [-0.05, 0) is 32.9 Å². The van der Waals surface area contributed by atoms with Gasteiger partial charge in [0.2, 0.25) is 0 Å². The monoisotopic (exact) mass is 139 g/mol. The van der Waals surface area contributed by atoms with E-state index in [-0.39, 0.29) is 0 Å². The van der Waals surface area contributed by atoms with Crippen LogP contribution in [0.1, 0.15) is 26.2 Å². The lowest BCUT2D eigenvalue weighted by Crippen LogP contribution is -2.25. The minimum Gasteiger partial charge on any atom is -0.300 e. The van der Waals surface area contributed by atoms with E-state index in [9.17, 15) is 0 Å². The molecule has 0 radical (unpaired) electrons. The molecule has 1 nitrogen and oxygen atoms in total. The van der Waals surface area contributed by atoms with Crippen LogP contribution in [0.5, 0.6) is 0 Å². The first kappa shape index (κ1) is 7.80. The van der Waals surface area contributed by atoms with Crippen molar-refractivity contribution in [1.82, 2.24) is 4.90 Å². The van der Waals surface area contributed by atoms with Crippen molar-refractivity contribution in [2.75, 3.05) is 13.6 Å². The minimum absolute atomic E-state index is 0.685. The molecule has 1 unspecified atom stereocenters. The maximum Gasteiger partial charge on any atom is 0.0302 e. The molecule has 0 spiro atoms. The Kier molecular flexibility index (Phi) is 2.50. The molecule has 0 aromatic rings. The summed E-state index contributed by atoms with van der Waals surface area (Å²) >= 11 is 0. The first-order valence-electron chi connectivity index (χ1n) is 4.13. The van der Waals surface area contributed by atoms with Crippen LogP contribution in [0.15, 0.2) is 12.2 Å². The average molecular weight is 139 g/mol. The fraction of sp³-hybridized carbons (Fsp3) is 0.778. The van der Waals surface area contributed by atoms with Gasteiger partial charge < -0.3 is 0 Å². The molecule has 1 heteroatoms. The molecule has 10 heavy (non-hydrogen) atoms. The Morgan fingerprint density at radius 2 is 2.40 bits per heavy atom. The van der Waals surface area contributed by atoms with Crippen molar-refractivity contribution in [2.45, 2.75) is 32.2 Å². The molecule has 1 aliphatic heterocycles. The van der Waals surface area contributed by atoms with Gasteiger partial charge in [0.15, 0.2) is 0 Å². The molecule has 0 aliphatic carbocycles. The van der Waals surface area contributed by atoms with E-state index in [1.165, 1.54) is 25.0 Å². The molecule has 0 aromatic heterocycles. The van der Waals surface area contributed by atoms with Gasteiger partial charge in [0.25, 0.3) is 0 Å². The zero-order chi connectivity index (χ0) is 7.56. The van der Waals surface area contributed by atoms with Gasteiger partial charge in [-0.2, -0.15) is 0 Å². The van der Waals surface area contributed by atoms with E-state index in [0.29, 0.717) is 6.04 Å². The number of nitrogens with zero attached hydrogens (tertiary/aromatic N) is 1. The van der Waals surface area contributed by atoms with Crippen LogP contribution in [0.25, 0.3) is 0 Å². The van der Waals surface area contributed by atoms with Crippen molar-refractivity contribution in [3.05, 3.63) is 12.2 Å². The third-order valence-electron chi connectivity index (χ3n) is 2.45. The van der Waals surface area contributed by atoms with Crippen LogP contribution >= 0.6 is 0 Å². The second kappa shape index (κ2) is 3.20. The lowest BCUT2D eigenvalue weighted by atomic mass is 10.0. The van der Waals surface area contributed by atoms with E-state index < -0.39 is 0 Å². The molecule has 0 saturated carbocycles. The van der Waals surface area contributed by atoms with Gasteiger partial charge >= 0.3 is 0 Å². The van der Waals surface area contributed by atoms with Crippen LogP contribution in [0.3, 0.4) is 0 Å². The van der Waals surface area contributed by atoms with Crippen LogP contribution in [0, 0.1) is 0 Å². The molecule has 0 bridgehead atoms. The predicted molar refractivity (Wildman–Crippen MR) is 45.1 cm³/mol. The summed E-state index contributed by atoms with van der Waals surface area (Å²) in [6.07, 6.45) is 3.80. The molecular weight excluding hydrogens is 122 g/mol. The van der Waals surface area contributed by atoms with E-state index in [2.05, 4.69) is 25.5 Å². The fourth-order valence-corrected chi connectivity index (χ4v) is 1.66. The lowest BCUT2D eigenvalue weighted by molar-refractivity contribution is 0.341. The highest BCUT2D eigenvalue weighted by atomic mass is 15.1. The summed E-state index contributed by atoms with van der Waals surface area (Å²) in [5.41, 5.74) is 1.40. The fourth-order valence-electron chi connectivity index (χ4n) is 1.66. The van der Waals surface area contributed by atoms with Crippen LogP contribution in [-0.2, 0) is 0 Å². The highest BCUT2D eigenvalue weighted by Gasteiger charge is 2.21. The summed E-state index contributed by atoms with van der Waals surface area (Å²) in [5, 5.41) is 0. The summed E-state index contributed by atoms with van der Waals surface area (Å²) in [7, 11) is 2.19. The van der Waals surface area contributed by atoms with Gasteiger partial charge in [0.05, 0.1) is 0 Å². The van der Waals surface area contributed by atoms with Gasteiger partial charge in [-0.25, -0.2) is 0 Å². The third-order valence-corrected chi connectivity index (χ3v) is 2.45. The molecule has 1 atom stereocenters. The second-order valence-corrected chi connectivity index (χ2v) is 3.15. The van der Waals surface area contributed by atoms with Crippen LogP contribution in [-0.4, -0.2) is 24.5 Å². The number of rotatable bonds is 2. The van der Waals surface area contributed by atoms with Crippen LogP contribution in [0.4, 0.5) is 0 Å². The molecular formula is C9H17N. The normalized spacial score (nSPS) is 27.2. The molecule has 0 N–H and O–H groups in total. The topological polar surface area (TPSA) is 3.24 Å². The largest absolute Gasteiger partial charge is 0.300 e. The molecule has 1 heterocycles. The third kappa shape index (κ3) is 1.40. The molecule has 0 aromatic carbocycles. The Bertz CT molecular complexity index is 129. The van der Waals surface area contributed by atoms with Crippen molar-refractivity contribution in [2.24, 2.45) is 0 Å². The van der Waals surface area contributed by atoms with Crippen molar-refractivity contribution < 1.29 is 0 Å². The van der Waals surface area contributed by atoms with Gasteiger partial charge in [-0.3, -0.25) is 4.90 Å². The zero-order valence-corrected chi connectivity index (χ0v) is 7.06. The first-order valence-corrected chi connectivity index (χ1v) is 4.13. The Balaban J connectivity index is 2.46. The number of hydrogen-bond donors (Lipinski definition) is 0. The van der Waals surface area contributed by atoms with E-state index in [0.717, 1.165) is 6.42 Å². The van der Waals surface area contributed by atoms with E-state index >= 15 is 0 Å². The molecule has 1 saturated heterocycles. The zero-order valence-electron chi connectivity index (χ0n) is 7.06. The molecule has 0 amide bonds. The Labute approximate surface area is 63.7 Å². The van der Waals surface area contributed by atoms with E-state index in [1.807, 2.05) is 0 Å². The highest BCUT2D eigenvalue weighted by molar-refractivity contribution is 5.06. The van der Waals surface area contributed by atoms with Crippen molar-refractivity contribution in [3.63, 3.8) is 0 Å². The molecule has 1 rings (SSSR count). The maximum atomic E-state index is 4.06. The smallest absolute Gasteiger partial charge is 0.0302 e. The second-order valence-electron chi connectivity index (χ2n) is 3.15. The van der Waals surface area contributed by atoms with Gasteiger partial charge in [0, 0.05) is 6.04 Å². The number of likely N-dealkylation sites (N-methyl/N-ethyl adjacent to an activating group) is 1. The summed E-state index contributed by atoms with van der Waals surface area (Å²) < 4.78 is 0. The van der Waals surface area contributed by atoms with Crippen molar-refractivity contribution in [3.8, 4) is 0 Å². The Morgan fingerprint density at radius 3 is 2.80 bits per heavy atom. The summed E-state index contributed by atoms with van der Waals surface area (Å²) in [4.78, 5) is 2.41. The molecule has 1 fully saturated rings. The highest BCUT2D eigenvalue weighted by Crippen LogP contribution is 2.22. The minimum atomic E-state index is 0.685. The predicted octanol–water partition coefficient (Wildman–Crippen LogP) is 2.05. The average Bonchev–Trinajstić information content (AvgIpc) is 2.34. The summed E-state index contributed by atoms with van der Waals surface area (Å²) in [5.74, 6) is 0. The molecule has 58 valence electrons. The van der Waals surface area contributed by atoms with Gasteiger partial charge in [-0.15, -0.1) is 0 Å². The standard InChI is InChI=1S/C9H17N/c1-4-8(2)9-6-5-7-10(9)3/h9H,2,4-7H2,1,3H3. The Hall–Kier alpha value is -0.300. The Morgan fingerprint density at radius 1 is 1.70 bits per heavy atom. The summed E-state index contributed by atoms with van der Waals surface area (Å²) in [6.45, 7) is 7.51. The van der Waals surface area contributed by atoms with Crippen molar-refractivity contribution in [1.29, 1.82) is 0 Å². The number of hydrogen-bond acceptors (Lipinski definition) is 1. The maximum absolute atomic E-state index is 4.06. The van der Waals surface area contributed by atoms with E-state index in [4.69, 9.17) is 0 Å². The first-order chi connectivity index (χ1) is 4.75. The quantitative estimate of drug-likeness (QED) is 0.529. The number of likely N-dealkylation sites (tertiary alicyclic amines) is 1. The van der Waals surface area contributed by atoms with E-state index in [1.54, 1.807) is 0 Å². The van der Waals surface area contributed by atoms with Crippen LogP contribution < -0.4 is 0 Å². The van der Waals surface area contributed by atoms with Crippen molar-refractivity contribution >= 4 is 0 Å². The SMILES string of the molecule is C=C(CC)C1CCCN1C. The lowest BCUT2D eigenvalue weighted by Gasteiger charge is -2.20. The molecule has 1 aliphatic rings. The van der Waals surface area contributed by atoms with Gasteiger partial charge in [0.1, 0.15) is 0 Å². The van der Waals surface area contributed by atoms with Crippen LogP contribution in [0.2, 0.25) is 0 Å².